The molecular weight excluding hydrogens is 887 g/mol. The van der Waals surface area contributed by atoms with Crippen molar-refractivity contribution in [1.29, 1.82) is 0 Å². The van der Waals surface area contributed by atoms with Crippen LogP contribution in [0.25, 0.3) is 65.3 Å². The molecule has 0 saturated carbocycles. The first-order valence-electron chi connectivity index (χ1n) is 23.6. The minimum atomic E-state index is -3.35. The zero-order valence-electron chi connectivity index (χ0n) is 38.7. The predicted molar refractivity (Wildman–Crippen MR) is 302 cm³/mol. The van der Waals surface area contributed by atoms with Gasteiger partial charge in [0.1, 0.15) is 0 Å². The third kappa shape index (κ3) is 8.16. The first kappa shape index (κ1) is 44.5. The summed E-state index contributed by atoms with van der Waals surface area (Å²) in [6.07, 6.45) is 0.961. The molecule has 0 aliphatic rings. The first-order chi connectivity index (χ1) is 34.5. The summed E-state index contributed by atoms with van der Waals surface area (Å²) in [7, 11) is -4.31. The second-order valence-electron chi connectivity index (χ2n) is 17.5. The molecule has 0 spiro atoms. The summed E-state index contributed by atoms with van der Waals surface area (Å²) in [4.78, 5) is 11.7. The number of aryl methyl sites for hydroxylation is 1. The van der Waals surface area contributed by atoms with Gasteiger partial charge < -0.3 is 4.57 Å². The summed E-state index contributed by atoms with van der Waals surface area (Å²) in [5, 5.41) is 15.5. The number of fused-ring (bicyclic) bond motifs is 4. The summed E-state index contributed by atoms with van der Waals surface area (Å²) < 4.78 is 16.2. The second-order valence-corrected chi connectivity index (χ2v) is 22.4. The van der Waals surface area contributed by atoms with Crippen molar-refractivity contribution in [2.24, 2.45) is 0 Å². The van der Waals surface area contributed by atoms with Crippen LogP contribution >= 0.6 is 15.1 Å². The van der Waals surface area contributed by atoms with Crippen LogP contribution in [0.4, 0.5) is 0 Å². The highest BCUT2D eigenvalue weighted by Crippen LogP contribution is 2.49. The zero-order valence-corrected chi connectivity index (χ0v) is 40.5. The molecule has 0 amide bonds. The Bertz CT molecular complexity index is 3810. The Morgan fingerprint density at radius 1 is 0.343 bits per heavy atom. The van der Waals surface area contributed by atoms with Crippen molar-refractivity contribution in [3.63, 3.8) is 0 Å². The third-order valence-electron chi connectivity index (χ3n) is 13.4. The van der Waals surface area contributed by atoms with Crippen LogP contribution in [0, 0.1) is 6.92 Å². The molecule has 334 valence electrons. The van der Waals surface area contributed by atoms with E-state index < -0.39 is 15.1 Å². The van der Waals surface area contributed by atoms with Gasteiger partial charge in [-0.1, -0.05) is 261 Å². The zero-order chi connectivity index (χ0) is 47.4. The van der Waals surface area contributed by atoms with Gasteiger partial charge in [0.15, 0.2) is 13.4 Å². The van der Waals surface area contributed by atoms with Gasteiger partial charge in [0.2, 0.25) is 0 Å². The van der Waals surface area contributed by atoms with E-state index >= 15 is 4.57 Å². The van der Waals surface area contributed by atoms with Crippen molar-refractivity contribution in [2.45, 2.75) is 6.92 Å². The molecule has 12 rings (SSSR count). The summed E-state index contributed by atoms with van der Waals surface area (Å²) in [5.41, 5.74) is 6.31. The van der Waals surface area contributed by atoms with Crippen molar-refractivity contribution in [1.82, 2.24) is 0 Å². The number of carbonyl (C=O) groups excluding carboxylic acids is 1. The number of hydrogen-bond acceptors (Lipinski definition) is 2. The van der Waals surface area contributed by atoms with Crippen LogP contribution in [-0.2, 0) is 4.57 Å². The minimum absolute atomic E-state index is 0.739. The quantitative estimate of drug-likeness (QED) is 0.107. The smallest absolute Gasteiger partial charge is 0.171 e. The Morgan fingerprint density at radius 3 is 1.20 bits per heavy atom. The molecular formula is C66H48O2P2. The maximum Gasteiger partial charge on any atom is 0.171 e. The Balaban J connectivity index is 0.000000193. The fourth-order valence-electron chi connectivity index (χ4n) is 10.2. The molecule has 0 saturated heterocycles. The summed E-state index contributed by atoms with van der Waals surface area (Å²) in [6, 6.07) is 92.7. The lowest BCUT2D eigenvalue weighted by molar-refractivity contribution is 0.112. The van der Waals surface area contributed by atoms with E-state index in [0.717, 1.165) is 82.3 Å². The summed E-state index contributed by atoms with van der Waals surface area (Å²) >= 11 is 0. The fourth-order valence-corrected chi connectivity index (χ4v) is 15.5. The van der Waals surface area contributed by atoms with Crippen LogP contribution in [0.2, 0.25) is 0 Å². The van der Waals surface area contributed by atoms with Crippen LogP contribution in [0.5, 0.6) is 0 Å². The van der Waals surface area contributed by atoms with Gasteiger partial charge in [-0.15, -0.1) is 0 Å². The standard InChI is InChI=1S/C44H32OP2.C22H16O/c45-47(37-23-9-3-10-24-37,38-25-11-4-12-26-38)42-32-30-34-18-14-16-28-40(34)44(42)43-39-27-15-13-17-33(39)29-31-41(43)46(35-19-5-1-6-20-35)36-21-7-2-8-22-36;1-15-10-11-16-6-2-4-8-19(16)21(15)22-18(14-23)13-12-17-7-3-5-9-20(17)22/h1-32H;2-14H,1H3. The predicted octanol–water partition coefficient (Wildman–Crippen LogP) is 14.8. The molecule has 0 bridgehead atoms. The van der Waals surface area contributed by atoms with Gasteiger partial charge in [0.05, 0.1) is 0 Å². The number of carbonyl (C=O) groups is 1. The van der Waals surface area contributed by atoms with Crippen molar-refractivity contribution < 1.29 is 9.36 Å². The van der Waals surface area contributed by atoms with Crippen LogP contribution in [0.1, 0.15) is 15.9 Å². The SMILES string of the molecule is Cc1ccc2ccccc2c1-c1c(C=O)ccc2ccccc12.O=P(c1ccccc1)(c1ccccc1)c1ccc2ccccc2c1-c1c(P(c2ccccc2)c2ccccc2)ccc2ccccc12. The molecule has 0 fully saturated rings. The van der Waals surface area contributed by atoms with Gasteiger partial charge in [-0.25, -0.2) is 0 Å². The van der Waals surface area contributed by atoms with Gasteiger partial charge in [-0.2, -0.15) is 0 Å². The van der Waals surface area contributed by atoms with Crippen LogP contribution in [0.3, 0.4) is 0 Å². The third-order valence-corrected chi connectivity index (χ3v) is 19.0. The van der Waals surface area contributed by atoms with E-state index in [-0.39, 0.29) is 0 Å². The lowest BCUT2D eigenvalue weighted by Crippen LogP contribution is -2.28. The fraction of sp³-hybridized carbons (Fsp3) is 0.0152. The maximum atomic E-state index is 16.2. The largest absolute Gasteiger partial charge is 0.309 e. The average Bonchev–Trinajstić information content (AvgIpc) is 3.43. The molecule has 4 heteroatoms. The highest BCUT2D eigenvalue weighted by atomic mass is 31.2. The number of rotatable bonds is 9. The molecule has 0 atom stereocenters. The van der Waals surface area contributed by atoms with E-state index in [1.54, 1.807) is 0 Å². The number of benzene rings is 12. The number of aldehydes is 1. The average molecular weight is 935 g/mol. The van der Waals surface area contributed by atoms with Crippen molar-refractivity contribution in [3.05, 3.63) is 278 Å². The molecule has 70 heavy (non-hydrogen) atoms. The van der Waals surface area contributed by atoms with Gasteiger partial charge >= 0.3 is 0 Å². The maximum absolute atomic E-state index is 16.2. The normalized spacial score (nSPS) is 11.5. The molecule has 2 nitrogen and oxygen atoms in total. The van der Waals surface area contributed by atoms with Gasteiger partial charge in [0.25, 0.3) is 0 Å². The Hall–Kier alpha value is -7.99. The van der Waals surface area contributed by atoms with Crippen LogP contribution < -0.4 is 31.8 Å². The van der Waals surface area contributed by atoms with E-state index in [1.807, 2.05) is 91.0 Å². The van der Waals surface area contributed by atoms with Gasteiger partial charge in [0, 0.05) is 32.6 Å². The molecule has 0 aromatic heterocycles. The van der Waals surface area contributed by atoms with Crippen LogP contribution in [0.15, 0.2) is 267 Å². The number of hydrogen-bond donors (Lipinski definition) is 0. The van der Waals surface area contributed by atoms with E-state index in [4.69, 9.17) is 0 Å². The monoisotopic (exact) mass is 934 g/mol. The minimum Gasteiger partial charge on any atom is -0.309 e. The van der Waals surface area contributed by atoms with Crippen LogP contribution in [-0.4, -0.2) is 6.29 Å². The second kappa shape index (κ2) is 19.6. The Kier molecular flexibility index (Phi) is 12.4. The molecule has 0 heterocycles. The van der Waals surface area contributed by atoms with E-state index in [9.17, 15) is 4.79 Å². The summed E-state index contributed by atoms with van der Waals surface area (Å²) in [5.74, 6) is 0. The van der Waals surface area contributed by atoms with Gasteiger partial charge in [-0.3, -0.25) is 4.79 Å². The molecule has 0 aliphatic heterocycles. The highest BCUT2D eigenvalue weighted by molar-refractivity contribution is 7.85. The topological polar surface area (TPSA) is 34.1 Å². The highest BCUT2D eigenvalue weighted by Gasteiger charge is 2.35. The first-order valence-corrected chi connectivity index (χ1v) is 26.7. The van der Waals surface area contributed by atoms with Gasteiger partial charge in [-0.05, 0) is 96.6 Å². The Morgan fingerprint density at radius 2 is 0.714 bits per heavy atom. The summed E-state index contributed by atoms with van der Waals surface area (Å²) in [6.45, 7) is 2.11. The van der Waals surface area contributed by atoms with Crippen molar-refractivity contribution >= 4 is 96.3 Å². The van der Waals surface area contributed by atoms with Crippen molar-refractivity contribution in [3.8, 4) is 22.3 Å². The molecule has 12 aromatic rings. The lowest BCUT2D eigenvalue weighted by atomic mass is 9.88. The molecule has 0 unspecified atom stereocenters. The molecule has 0 radical (unpaired) electrons. The van der Waals surface area contributed by atoms with E-state index in [2.05, 4.69) is 183 Å². The van der Waals surface area contributed by atoms with E-state index in [0.29, 0.717) is 0 Å². The molecule has 0 aliphatic carbocycles. The van der Waals surface area contributed by atoms with E-state index in [1.165, 1.54) is 32.2 Å². The molecule has 0 N–H and O–H groups in total. The van der Waals surface area contributed by atoms with Crippen molar-refractivity contribution in [2.75, 3.05) is 0 Å². The lowest BCUT2D eigenvalue weighted by Gasteiger charge is -2.28. The molecule has 12 aromatic carbocycles. The Labute approximate surface area is 410 Å².